The molecular weight excluding hydrogens is 292 g/mol. The molecule has 6 heteroatoms. The Morgan fingerprint density at radius 3 is 2.78 bits per heavy atom. The number of aromatic nitrogens is 3. The predicted molar refractivity (Wildman–Crippen MR) is 87.6 cm³/mol. The number of carbonyl (C=O) groups is 1. The molecule has 116 valence electrons. The number of carbonyl (C=O) groups excluding carboxylic acids is 1. The van der Waals surface area contributed by atoms with Crippen LogP contribution in [0.25, 0.3) is 22.3 Å². The molecule has 1 amide bonds. The summed E-state index contributed by atoms with van der Waals surface area (Å²) in [6, 6.07) is 7.85. The summed E-state index contributed by atoms with van der Waals surface area (Å²) in [5.74, 6) is 0.641. The molecule has 0 unspecified atom stereocenters. The maximum Gasteiger partial charge on any atom is 0.264 e. The van der Waals surface area contributed by atoms with E-state index >= 15 is 0 Å². The lowest BCUT2D eigenvalue weighted by Crippen LogP contribution is -2.35. The Balaban J connectivity index is 1.94. The van der Waals surface area contributed by atoms with Crippen molar-refractivity contribution < 1.29 is 9.53 Å². The summed E-state index contributed by atoms with van der Waals surface area (Å²) < 4.78 is 7.36. The van der Waals surface area contributed by atoms with Crippen LogP contribution in [-0.2, 0) is 11.8 Å². The highest BCUT2D eigenvalue weighted by atomic mass is 16.5. The fourth-order valence-corrected chi connectivity index (χ4v) is 2.92. The third kappa shape index (κ3) is 2.06. The number of likely N-dealkylation sites (N-methyl/N-ethyl adjacent to an activating group) is 1. The van der Waals surface area contributed by atoms with Crippen LogP contribution >= 0.6 is 0 Å². The van der Waals surface area contributed by atoms with E-state index in [0.29, 0.717) is 5.75 Å². The largest absolute Gasteiger partial charge is 0.481 e. The quantitative estimate of drug-likeness (QED) is 0.692. The average molecular weight is 308 g/mol. The monoisotopic (exact) mass is 308 g/mol. The van der Waals surface area contributed by atoms with Gasteiger partial charge in [0.05, 0.1) is 22.6 Å². The molecule has 1 aliphatic heterocycles. The van der Waals surface area contributed by atoms with Crippen LogP contribution in [0.3, 0.4) is 0 Å². The van der Waals surface area contributed by atoms with Gasteiger partial charge in [0.1, 0.15) is 5.75 Å². The van der Waals surface area contributed by atoms with Gasteiger partial charge in [-0.3, -0.25) is 9.48 Å². The standard InChI is InChI=1S/C17H16N4O2/c1-10-6-13(14-4-5-18-21(14)3)19-12-8-16-15(7-11(10)12)20(2)17(22)9-23-16/h4-8H,9H2,1-3H3. The van der Waals surface area contributed by atoms with Crippen molar-refractivity contribution in [2.45, 2.75) is 6.92 Å². The smallest absolute Gasteiger partial charge is 0.264 e. The van der Waals surface area contributed by atoms with Gasteiger partial charge in [-0.05, 0) is 30.7 Å². The zero-order chi connectivity index (χ0) is 16.1. The van der Waals surface area contributed by atoms with E-state index < -0.39 is 0 Å². The van der Waals surface area contributed by atoms with E-state index in [4.69, 9.17) is 9.72 Å². The van der Waals surface area contributed by atoms with Crippen molar-refractivity contribution in [2.75, 3.05) is 18.6 Å². The topological polar surface area (TPSA) is 60.2 Å². The number of anilines is 1. The van der Waals surface area contributed by atoms with Crippen molar-refractivity contribution >= 4 is 22.5 Å². The minimum atomic E-state index is -0.0473. The second-order valence-electron chi connectivity index (χ2n) is 5.74. The summed E-state index contributed by atoms with van der Waals surface area (Å²) in [6.45, 7) is 2.11. The Hall–Kier alpha value is -2.89. The van der Waals surface area contributed by atoms with Crippen LogP contribution in [0.2, 0.25) is 0 Å². The van der Waals surface area contributed by atoms with Gasteiger partial charge in [-0.15, -0.1) is 0 Å². The Kier molecular flexibility index (Phi) is 2.87. The molecule has 2 aromatic heterocycles. The predicted octanol–water partition coefficient (Wildman–Crippen LogP) is 2.30. The van der Waals surface area contributed by atoms with Crippen LogP contribution in [-0.4, -0.2) is 34.3 Å². The summed E-state index contributed by atoms with van der Waals surface area (Å²) in [7, 11) is 3.66. The molecule has 3 aromatic rings. The van der Waals surface area contributed by atoms with E-state index in [9.17, 15) is 4.79 Å². The highest BCUT2D eigenvalue weighted by molar-refractivity contribution is 6.01. The molecule has 1 aromatic carbocycles. The van der Waals surface area contributed by atoms with Gasteiger partial charge >= 0.3 is 0 Å². The molecule has 0 spiro atoms. The highest BCUT2D eigenvalue weighted by Gasteiger charge is 2.23. The molecule has 23 heavy (non-hydrogen) atoms. The van der Waals surface area contributed by atoms with Crippen molar-refractivity contribution in [1.29, 1.82) is 0 Å². The summed E-state index contributed by atoms with van der Waals surface area (Å²) >= 11 is 0. The first kappa shape index (κ1) is 13.8. The third-order valence-electron chi connectivity index (χ3n) is 4.27. The molecule has 0 radical (unpaired) electrons. The minimum Gasteiger partial charge on any atom is -0.481 e. The lowest BCUT2D eigenvalue weighted by molar-refractivity contribution is -0.120. The number of hydrogen-bond acceptors (Lipinski definition) is 4. The Bertz CT molecular complexity index is 945. The zero-order valence-electron chi connectivity index (χ0n) is 13.2. The normalized spacial score (nSPS) is 14.0. The van der Waals surface area contributed by atoms with Crippen molar-refractivity contribution in [3.05, 3.63) is 36.0 Å². The van der Waals surface area contributed by atoms with Gasteiger partial charge in [0.2, 0.25) is 0 Å². The van der Waals surface area contributed by atoms with E-state index in [1.807, 2.05) is 38.2 Å². The van der Waals surface area contributed by atoms with Crippen molar-refractivity contribution in [3.8, 4) is 17.1 Å². The molecule has 0 atom stereocenters. The summed E-state index contributed by atoms with van der Waals surface area (Å²) in [6.07, 6.45) is 1.76. The first-order chi connectivity index (χ1) is 11.0. The van der Waals surface area contributed by atoms with Gasteiger partial charge in [0.15, 0.2) is 6.61 Å². The maximum absolute atomic E-state index is 11.8. The zero-order valence-corrected chi connectivity index (χ0v) is 13.2. The number of benzene rings is 1. The fourth-order valence-electron chi connectivity index (χ4n) is 2.92. The summed E-state index contributed by atoms with van der Waals surface area (Å²) in [5.41, 5.74) is 4.56. The first-order valence-corrected chi connectivity index (χ1v) is 7.38. The molecule has 4 rings (SSSR count). The fraction of sp³-hybridized carbons (Fsp3) is 0.235. The molecular formula is C17H16N4O2. The van der Waals surface area contributed by atoms with Gasteiger partial charge in [-0.25, -0.2) is 4.98 Å². The second kappa shape index (κ2) is 4.81. The molecule has 6 nitrogen and oxygen atoms in total. The number of ether oxygens (including phenoxy) is 1. The summed E-state index contributed by atoms with van der Waals surface area (Å²) in [4.78, 5) is 18.2. The van der Waals surface area contributed by atoms with Crippen molar-refractivity contribution in [2.24, 2.45) is 7.05 Å². The number of nitrogens with zero attached hydrogens (tertiary/aromatic N) is 4. The van der Waals surface area contributed by atoms with Gasteiger partial charge in [0, 0.05) is 31.7 Å². The molecule has 0 fully saturated rings. The van der Waals surface area contributed by atoms with Gasteiger partial charge in [-0.2, -0.15) is 5.10 Å². The molecule has 0 saturated carbocycles. The molecule has 1 aliphatic rings. The van der Waals surface area contributed by atoms with Crippen LogP contribution in [0.5, 0.6) is 5.75 Å². The van der Waals surface area contributed by atoms with E-state index in [0.717, 1.165) is 33.5 Å². The van der Waals surface area contributed by atoms with E-state index in [-0.39, 0.29) is 12.5 Å². The highest BCUT2D eigenvalue weighted by Crippen LogP contribution is 2.36. The maximum atomic E-state index is 11.8. The van der Waals surface area contributed by atoms with Crippen LogP contribution in [0.1, 0.15) is 5.56 Å². The second-order valence-corrected chi connectivity index (χ2v) is 5.74. The van der Waals surface area contributed by atoms with Crippen LogP contribution in [0.4, 0.5) is 5.69 Å². The van der Waals surface area contributed by atoms with E-state index in [1.165, 1.54) is 0 Å². The van der Waals surface area contributed by atoms with E-state index in [2.05, 4.69) is 5.10 Å². The van der Waals surface area contributed by atoms with Gasteiger partial charge in [0.25, 0.3) is 5.91 Å². The number of fused-ring (bicyclic) bond motifs is 2. The number of aryl methyl sites for hydroxylation is 2. The lowest BCUT2D eigenvalue weighted by atomic mass is 10.1. The Morgan fingerprint density at radius 2 is 2.04 bits per heavy atom. The molecule has 0 bridgehead atoms. The third-order valence-corrected chi connectivity index (χ3v) is 4.27. The molecule has 0 aliphatic carbocycles. The SMILES string of the molecule is Cc1cc(-c2ccnn2C)nc2cc3c(cc12)N(C)C(=O)CO3. The molecule has 0 N–H and O–H groups in total. The minimum absolute atomic E-state index is 0.0473. The van der Waals surface area contributed by atoms with Gasteiger partial charge < -0.3 is 9.64 Å². The van der Waals surface area contributed by atoms with Crippen molar-refractivity contribution in [3.63, 3.8) is 0 Å². The summed E-state index contributed by atoms with van der Waals surface area (Å²) in [5, 5.41) is 5.21. The lowest BCUT2D eigenvalue weighted by Gasteiger charge is -2.26. The average Bonchev–Trinajstić information content (AvgIpc) is 2.96. The van der Waals surface area contributed by atoms with Crippen LogP contribution in [0.15, 0.2) is 30.5 Å². The number of pyridine rings is 1. The first-order valence-electron chi connectivity index (χ1n) is 7.38. The molecule has 3 heterocycles. The number of rotatable bonds is 1. The Labute approximate surface area is 133 Å². The number of amides is 1. The van der Waals surface area contributed by atoms with Crippen molar-refractivity contribution in [1.82, 2.24) is 14.8 Å². The van der Waals surface area contributed by atoms with Crippen LogP contribution in [0, 0.1) is 6.92 Å². The Morgan fingerprint density at radius 1 is 1.22 bits per heavy atom. The van der Waals surface area contributed by atoms with E-state index in [1.54, 1.807) is 22.8 Å². The van der Waals surface area contributed by atoms with Crippen LogP contribution < -0.4 is 9.64 Å². The van der Waals surface area contributed by atoms with Gasteiger partial charge in [-0.1, -0.05) is 0 Å². The number of hydrogen-bond donors (Lipinski definition) is 0. The molecule has 0 saturated heterocycles.